The Morgan fingerprint density at radius 3 is 1.16 bits per heavy atom. The molecule has 0 saturated heterocycles. The number of nitrogens with zero attached hydrogens (tertiary/aromatic N) is 4. The van der Waals surface area contributed by atoms with Crippen LogP contribution in [0.2, 0.25) is 0 Å². The Morgan fingerprint density at radius 2 is 0.688 bits per heavy atom. The molecule has 0 unspecified atom stereocenters. The summed E-state index contributed by atoms with van der Waals surface area (Å²) in [7, 11) is 0. The lowest BCUT2D eigenvalue weighted by atomic mass is 9.44. The quantitative estimate of drug-likeness (QED) is 0.162. The number of hydrogen-bond acceptors (Lipinski definition) is 2. The van der Waals surface area contributed by atoms with Crippen molar-refractivity contribution in [2.24, 2.45) is 0 Å². The Kier molecular flexibility index (Phi) is 6.17. The highest BCUT2D eigenvalue weighted by Crippen LogP contribution is 2.52. The summed E-state index contributed by atoms with van der Waals surface area (Å²) >= 11 is 0. The first-order valence-electron chi connectivity index (χ1n) is 22.4. The van der Waals surface area contributed by atoms with E-state index in [0.717, 1.165) is 0 Å². The van der Waals surface area contributed by atoms with Crippen molar-refractivity contribution in [2.45, 2.75) is 0 Å². The van der Waals surface area contributed by atoms with Crippen molar-refractivity contribution in [3.63, 3.8) is 0 Å². The second-order valence-corrected chi connectivity index (χ2v) is 17.9. The summed E-state index contributed by atoms with van der Waals surface area (Å²) in [5.74, 6) is 0. The van der Waals surface area contributed by atoms with Crippen LogP contribution in [-0.4, -0.2) is 22.7 Å². The summed E-state index contributed by atoms with van der Waals surface area (Å²) in [5, 5.41) is 7.70. The molecule has 6 heterocycles. The molecule has 0 aliphatic carbocycles. The van der Waals surface area contributed by atoms with Gasteiger partial charge in [-0.3, -0.25) is 0 Å². The van der Waals surface area contributed by atoms with Gasteiger partial charge in [-0.25, -0.2) is 0 Å². The smallest absolute Gasteiger partial charge is 0.333 e. The van der Waals surface area contributed by atoms with Crippen molar-refractivity contribution in [2.75, 3.05) is 9.80 Å². The van der Waals surface area contributed by atoms with E-state index in [1.54, 1.807) is 0 Å². The van der Waals surface area contributed by atoms with E-state index in [-0.39, 0.29) is 13.7 Å². The lowest BCUT2D eigenvalue weighted by Gasteiger charge is -2.41. The molecule has 4 aliphatic heterocycles. The molecule has 0 saturated carbocycles. The molecule has 0 N–H and O–H groups in total. The monoisotopic (exact) mass is 808 g/mol. The van der Waals surface area contributed by atoms with Gasteiger partial charge in [0.1, 0.15) is 0 Å². The molecule has 0 radical (unpaired) electrons. The van der Waals surface area contributed by atoms with Crippen LogP contribution < -0.4 is 31.7 Å². The molecule has 0 atom stereocenters. The van der Waals surface area contributed by atoms with Gasteiger partial charge in [0.15, 0.2) is 0 Å². The van der Waals surface area contributed by atoms with Gasteiger partial charge in [-0.15, -0.1) is 0 Å². The van der Waals surface area contributed by atoms with Gasteiger partial charge in [-0.05, 0) is 103 Å². The number of rotatable bonds is 2. The first-order valence-corrected chi connectivity index (χ1v) is 22.4. The summed E-state index contributed by atoms with van der Waals surface area (Å²) in [6.07, 6.45) is 0. The highest BCUT2D eigenvalue weighted by atomic mass is 15.2. The Balaban J connectivity index is 1.10. The van der Waals surface area contributed by atoms with Gasteiger partial charge in [0.25, 0.3) is 0 Å². The number of benzene rings is 10. The topological polar surface area (TPSA) is 16.3 Å². The van der Waals surface area contributed by atoms with Crippen LogP contribution in [0.4, 0.5) is 34.1 Å². The predicted molar refractivity (Wildman–Crippen MR) is 271 cm³/mol. The lowest BCUT2D eigenvalue weighted by Crippen LogP contribution is -2.56. The van der Waals surface area contributed by atoms with Gasteiger partial charge in [0.05, 0.1) is 11.0 Å². The number of fused-ring (bicyclic) bond motifs is 17. The fraction of sp³-hybridized carbons (Fsp3) is 0. The first-order chi connectivity index (χ1) is 31.8. The average molecular weight is 809 g/mol. The van der Waals surface area contributed by atoms with Crippen molar-refractivity contribution in [1.29, 1.82) is 0 Å². The van der Waals surface area contributed by atoms with Crippen molar-refractivity contribution < 1.29 is 0 Å². The third-order valence-electron chi connectivity index (χ3n) is 15.0. The Labute approximate surface area is 369 Å². The average Bonchev–Trinajstić information content (AvgIpc) is 3.88. The standard InChI is InChI=1S/C58H34B2N4/c1-3-19-37(20-4-1)61-47-31-13-11-29-45(47)59-53-49(61)33-35-17-7-9-23-39(35)51(53)41-25-15-27-43-55(41)63(59)57-44-28-16-26-42-52-40-24-10-8-18-36(40)34-50-54(52)60(64(56(42)44)58(43)57)46-30-12-14-32-48(46)62(50)38-21-5-2-6-22-38/h1-34H. The number of hydrogen-bond donors (Lipinski definition) is 0. The molecule has 2 aromatic heterocycles. The maximum atomic E-state index is 2.77. The summed E-state index contributed by atoms with van der Waals surface area (Å²) in [5.41, 5.74) is 23.1. The van der Waals surface area contributed by atoms with E-state index in [1.165, 1.54) is 133 Å². The largest absolute Gasteiger partial charge is 0.374 e. The normalized spacial score (nSPS) is 13.8. The van der Waals surface area contributed by atoms with E-state index in [1.807, 2.05) is 0 Å². The number of aromatic nitrogens is 2. The second-order valence-electron chi connectivity index (χ2n) is 17.9. The van der Waals surface area contributed by atoms with E-state index in [4.69, 9.17) is 0 Å². The fourth-order valence-electron chi connectivity index (χ4n) is 12.7. The second kappa shape index (κ2) is 11.8. The summed E-state index contributed by atoms with van der Waals surface area (Å²) in [6.45, 7) is -0.120. The van der Waals surface area contributed by atoms with Crippen LogP contribution in [-0.2, 0) is 0 Å². The molecule has 0 bridgehead atoms. The van der Waals surface area contributed by atoms with Gasteiger partial charge >= 0.3 is 13.7 Å². The molecule has 0 amide bonds. The molecule has 0 spiro atoms. The lowest BCUT2D eigenvalue weighted by molar-refractivity contribution is 1.26. The van der Waals surface area contributed by atoms with Gasteiger partial charge in [0.2, 0.25) is 0 Å². The van der Waals surface area contributed by atoms with E-state index >= 15 is 0 Å². The predicted octanol–water partition coefficient (Wildman–Crippen LogP) is 11.9. The highest BCUT2D eigenvalue weighted by Gasteiger charge is 2.48. The molecule has 292 valence electrons. The number of anilines is 6. The zero-order valence-electron chi connectivity index (χ0n) is 34.6. The Bertz CT molecular complexity index is 3790. The molecule has 10 aromatic carbocycles. The molecule has 16 rings (SSSR count). The maximum Gasteiger partial charge on any atom is 0.333 e. The van der Waals surface area contributed by atoms with Crippen molar-refractivity contribution in [1.82, 2.24) is 8.96 Å². The van der Waals surface area contributed by atoms with Crippen LogP contribution in [0.5, 0.6) is 0 Å². The van der Waals surface area contributed by atoms with E-state index < -0.39 is 0 Å². The van der Waals surface area contributed by atoms with Gasteiger partial charge in [-0.1, -0.05) is 158 Å². The maximum absolute atomic E-state index is 2.77. The Morgan fingerprint density at radius 1 is 0.297 bits per heavy atom. The Hall–Kier alpha value is -8.21. The molecular formula is C58H34B2N4. The van der Waals surface area contributed by atoms with Gasteiger partial charge in [-0.2, -0.15) is 0 Å². The zero-order valence-corrected chi connectivity index (χ0v) is 34.6. The van der Waals surface area contributed by atoms with Crippen LogP contribution in [0, 0.1) is 0 Å². The molecule has 0 fully saturated rings. The number of para-hydroxylation sites is 6. The third kappa shape index (κ3) is 3.91. The van der Waals surface area contributed by atoms with Crippen LogP contribution in [0.25, 0.3) is 76.6 Å². The van der Waals surface area contributed by atoms with Crippen LogP contribution in [0.15, 0.2) is 206 Å². The summed E-state index contributed by atoms with van der Waals surface area (Å²) in [6, 6.07) is 77.4. The fourth-order valence-corrected chi connectivity index (χ4v) is 12.7. The third-order valence-corrected chi connectivity index (χ3v) is 15.0. The molecule has 4 aliphatic rings. The SMILES string of the molecule is c1ccc(N2c3ccccc3B3c4c2cc2ccccc2c4-c2cccc4c2n3c2c3cccc5c3n(c42)B2c3ccccc3N(c3ccccc3)c3cc4ccccc4c-5c32)cc1. The summed E-state index contributed by atoms with van der Waals surface area (Å²) in [4.78, 5) is 5.03. The molecule has 12 aromatic rings. The van der Waals surface area contributed by atoms with E-state index in [9.17, 15) is 0 Å². The van der Waals surface area contributed by atoms with Crippen LogP contribution >= 0.6 is 0 Å². The van der Waals surface area contributed by atoms with Gasteiger partial charge < -0.3 is 18.8 Å². The molecule has 64 heavy (non-hydrogen) atoms. The van der Waals surface area contributed by atoms with Crippen molar-refractivity contribution in [3.8, 4) is 22.3 Å². The van der Waals surface area contributed by atoms with Crippen LogP contribution in [0.1, 0.15) is 0 Å². The zero-order chi connectivity index (χ0) is 41.4. The highest BCUT2D eigenvalue weighted by molar-refractivity contribution is 6.92. The molecular weight excluding hydrogens is 774 g/mol. The van der Waals surface area contributed by atoms with E-state index in [0.29, 0.717) is 0 Å². The molecule has 6 heteroatoms. The van der Waals surface area contributed by atoms with Gasteiger partial charge in [0, 0.05) is 67.1 Å². The minimum atomic E-state index is -0.0601. The minimum absolute atomic E-state index is 0.0601. The summed E-state index contributed by atoms with van der Waals surface area (Å²) < 4.78 is 5.54. The van der Waals surface area contributed by atoms with Crippen molar-refractivity contribution >= 4 is 124 Å². The first kappa shape index (κ1) is 33.4. The van der Waals surface area contributed by atoms with E-state index in [2.05, 4.69) is 225 Å². The molecule has 4 nitrogen and oxygen atoms in total. The van der Waals surface area contributed by atoms with Crippen molar-refractivity contribution in [3.05, 3.63) is 206 Å². The minimum Gasteiger partial charge on any atom is -0.374 e. The van der Waals surface area contributed by atoms with Crippen LogP contribution in [0.3, 0.4) is 0 Å².